The third-order valence-corrected chi connectivity index (χ3v) is 2.65. The van der Waals surface area contributed by atoms with E-state index in [4.69, 9.17) is 14.0 Å². The minimum atomic E-state index is -1.75. The lowest BCUT2D eigenvalue weighted by Gasteiger charge is -2.21. The summed E-state index contributed by atoms with van der Waals surface area (Å²) in [7, 11) is -1.75. The van der Waals surface area contributed by atoms with Crippen LogP contribution in [0, 0.1) is 5.41 Å². The topological polar surface area (TPSA) is 111 Å². The summed E-state index contributed by atoms with van der Waals surface area (Å²) >= 11 is 0. The number of hydrogen-bond donors (Lipinski definition) is 2. The van der Waals surface area contributed by atoms with Gasteiger partial charge in [0.15, 0.2) is 6.66 Å². The molecule has 0 aliphatic heterocycles. The van der Waals surface area contributed by atoms with Crippen molar-refractivity contribution < 1.29 is 33.3 Å². The maximum absolute atomic E-state index is 11.6. The molecule has 3 unspecified atom stereocenters. The van der Waals surface area contributed by atoms with Crippen LogP contribution >= 0.6 is 8.03 Å². The molecule has 8 nitrogen and oxygen atoms in total. The van der Waals surface area contributed by atoms with E-state index in [1.807, 2.05) is 0 Å². The highest BCUT2D eigenvalue weighted by Crippen LogP contribution is 2.17. The van der Waals surface area contributed by atoms with Crippen molar-refractivity contribution in [3.63, 3.8) is 0 Å². The van der Waals surface area contributed by atoms with Crippen molar-refractivity contribution in [3.8, 4) is 0 Å². The summed E-state index contributed by atoms with van der Waals surface area (Å²) < 4.78 is 25.1. The number of alkyl carbamates (subject to hydrolysis) is 1. The Balaban J connectivity index is 4.02. The molecular weight excluding hydrogens is 301 g/mol. The van der Waals surface area contributed by atoms with Gasteiger partial charge in [-0.3, -0.25) is 10.1 Å². The Morgan fingerprint density at radius 3 is 2.33 bits per heavy atom. The standard InChI is InChI=1S/C12H22NO7P/c1-8(19-10(15)12(2,3)4)20-11(16)13-9(14)6-7-18-21(5)17/h8-9,14H,6-7H2,1-5H3/p+1. The van der Waals surface area contributed by atoms with Crippen molar-refractivity contribution in [2.75, 3.05) is 13.3 Å². The molecule has 0 aliphatic carbocycles. The number of amides is 1. The molecular formula is C12H23NO7P+. The minimum absolute atomic E-state index is 0.0295. The van der Waals surface area contributed by atoms with Crippen molar-refractivity contribution in [3.05, 3.63) is 0 Å². The number of ether oxygens (including phenoxy) is 2. The summed E-state index contributed by atoms with van der Waals surface area (Å²) in [5.74, 6) is -0.511. The number of rotatable bonds is 7. The monoisotopic (exact) mass is 324 g/mol. The molecule has 0 aliphatic rings. The summed E-state index contributed by atoms with van der Waals surface area (Å²) in [6.07, 6.45) is -3.17. The van der Waals surface area contributed by atoms with Crippen LogP contribution in [0.1, 0.15) is 34.1 Å². The van der Waals surface area contributed by atoms with Crippen molar-refractivity contribution in [2.24, 2.45) is 5.41 Å². The van der Waals surface area contributed by atoms with Crippen LogP contribution < -0.4 is 5.32 Å². The Kier molecular flexibility index (Phi) is 8.39. The van der Waals surface area contributed by atoms with Crippen molar-refractivity contribution in [1.29, 1.82) is 0 Å². The number of nitrogens with one attached hydrogen (secondary N) is 1. The first-order valence-electron chi connectivity index (χ1n) is 6.42. The molecule has 0 radical (unpaired) electrons. The highest BCUT2D eigenvalue weighted by Gasteiger charge is 2.26. The van der Waals surface area contributed by atoms with Crippen molar-refractivity contribution in [1.82, 2.24) is 5.32 Å². The van der Waals surface area contributed by atoms with E-state index in [1.165, 1.54) is 13.6 Å². The SMILES string of the molecule is CC(OC(=O)NC(O)CCO[P+](C)=O)OC(=O)C(C)(C)C. The lowest BCUT2D eigenvalue weighted by molar-refractivity contribution is -0.174. The maximum atomic E-state index is 11.6. The minimum Gasteiger partial charge on any atom is -0.425 e. The van der Waals surface area contributed by atoms with Crippen LogP contribution in [0.4, 0.5) is 4.79 Å². The van der Waals surface area contributed by atoms with Crippen LogP contribution in [-0.2, 0) is 23.4 Å². The van der Waals surface area contributed by atoms with Gasteiger partial charge in [-0.05, 0) is 25.3 Å². The summed E-state index contributed by atoms with van der Waals surface area (Å²) in [5, 5.41) is 11.6. The summed E-state index contributed by atoms with van der Waals surface area (Å²) in [6.45, 7) is 7.82. The molecule has 0 saturated heterocycles. The molecule has 0 aromatic carbocycles. The smallest absolute Gasteiger partial charge is 0.425 e. The number of hydrogen-bond acceptors (Lipinski definition) is 7. The fourth-order valence-electron chi connectivity index (χ4n) is 1.04. The van der Waals surface area contributed by atoms with Gasteiger partial charge in [-0.1, -0.05) is 0 Å². The summed E-state index contributed by atoms with van der Waals surface area (Å²) in [4.78, 5) is 23.0. The first-order chi connectivity index (χ1) is 9.52. The zero-order chi connectivity index (χ0) is 16.6. The number of carbonyl (C=O) groups is 2. The molecule has 1 amide bonds. The lowest BCUT2D eigenvalue weighted by atomic mass is 9.97. The van der Waals surface area contributed by atoms with Gasteiger partial charge in [0, 0.05) is 13.3 Å². The average molecular weight is 324 g/mol. The first-order valence-corrected chi connectivity index (χ1v) is 8.05. The Morgan fingerprint density at radius 2 is 1.86 bits per heavy atom. The van der Waals surface area contributed by atoms with Gasteiger partial charge in [-0.25, -0.2) is 4.79 Å². The van der Waals surface area contributed by atoms with E-state index < -0.39 is 38.0 Å². The van der Waals surface area contributed by atoms with Gasteiger partial charge < -0.3 is 14.6 Å². The normalized spacial score (nSPS) is 14.9. The molecule has 21 heavy (non-hydrogen) atoms. The quantitative estimate of drug-likeness (QED) is 0.417. The molecule has 0 heterocycles. The molecule has 0 aromatic heterocycles. The Morgan fingerprint density at radius 1 is 1.29 bits per heavy atom. The average Bonchev–Trinajstić information content (AvgIpc) is 2.25. The van der Waals surface area contributed by atoms with Crippen LogP contribution in [0.5, 0.6) is 0 Å². The number of carbonyl (C=O) groups excluding carboxylic acids is 2. The second-order valence-corrected chi connectivity index (χ2v) is 6.49. The van der Waals surface area contributed by atoms with Gasteiger partial charge in [0.1, 0.15) is 12.8 Å². The van der Waals surface area contributed by atoms with Gasteiger partial charge in [-0.15, -0.1) is 4.52 Å². The third kappa shape index (κ3) is 10.2. The Labute approximate surface area is 125 Å². The Bertz CT molecular complexity index is 380. The lowest BCUT2D eigenvalue weighted by Crippen LogP contribution is -2.38. The molecule has 0 bridgehead atoms. The molecule has 0 fully saturated rings. The number of esters is 1. The molecule has 0 aromatic rings. The number of aliphatic hydroxyl groups excluding tert-OH is 1. The highest BCUT2D eigenvalue weighted by atomic mass is 31.1. The Hall–Kier alpha value is -1.24. The van der Waals surface area contributed by atoms with Gasteiger partial charge in [-0.2, -0.15) is 0 Å². The molecule has 2 N–H and O–H groups in total. The van der Waals surface area contributed by atoms with E-state index in [0.717, 1.165) is 0 Å². The fraction of sp³-hybridized carbons (Fsp3) is 0.833. The molecule has 9 heteroatoms. The predicted octanol–water partition coefficient (Wildman–Crippen LogP) is 1.75. The van der Waals surface area contributed by atoms with E-state index in [0.29, 0.717) is 0 Å². The van der Waals surface area contributed by atoms with Crippen LogP contribution in [-0.4, -0.2) is 43.0 Å². The zero-order valence-electron chi connectivity index (χ0n) is 12.9. The summed E-state index contributed by atoms with van der Waals surface area (Å²) in [5.41, 5.74) is -0.707. The molecule has 122 valence electrons. The van der Waals surface area contributed by atoms with E-state index in [9.17, 15) is 19.3 Å². The second kappa shape index (κ2) is 8.92. The summed E-state index contributed by atoms with van der Waals surface area (Å²) in [6, 6.07) is 0. The maximum Gasteiger partial charge on any atom is 0.504 e. The van der Waals surface area contributed by atoms with Crippen LogP contribution in [0.2, 0.25) is 0 Å². The van der Waals surface area contributed by atoms with Crippen molar-refractivity contribution in [2.45, 2.75) is 46.6 Å². The van der Waals surface area contributed by atoms with Gasteiger partial charge in [0.2, 0.25) is 6.29 Å². The third-order valence-electron chi connectivity index (χ3n) is 2.11. The van der Waals surface area contributed by atoms with Crippen LogP contribution in [0.3, 0.4) is 0 Å². The highest BCUT2D eigenvalue weighted by molar-refractivity contribution is 7.38. The van der Waals surface area contributed by atoms with Crippen LogP contribution in [0.25, 0.3) is 0 Å². The fourth-order valence-corrected chi connectivity index (χ4v) is 1.40. The van der Waals surface area contributed by atoms with E-state index >= 15 is 0 Å². The number of aliphatic hydroxyl groups is 1. The van der Waals surface area contributed by atoms with Gasteiger partial charge in [0.25, 0.3) is 0 Å². The van der Waals surface area contributed by atoms with Gasteiger partial charge in [0.05, 0.1) is 5.41 Å². The molecule has 0 spiro atoms. The molecule has 0 rings (SSSR count). The van der Waals surface area contributed by atoms with E-state index in [2.05, 4.69) is 5.32 Å². The van der Waals surface area contributed by atoms with E-state index in [1.54, 1.807) is 20.8 Å². The van der Waals surface area contributed by atoms with Crippen molar-refractivity contribution >= 4 is 20.1 Å². The van der Waals surface area contributed by atoms with Gasteiger partial charge >= 0.3 is 20.1 Å². The molecule has 0 saturated carbocycles. The van der Waals surface area contributed by atoms with Crippen LogP contribution in [0.15, 0.2) is 0 Å². The predicted molar refractivity (Wildman–Crippen MR) is 74.7 cm³/mol. The first kappa shape index (κ1) is 19.8. The zero-order valence-corrected chi connectivity index (χ0v) is 13.8. The largest absolute Gasteiger partial charge is 0.504 e. The van der Waals surface area contributed by atoms with E-state index in [-0.39, 0.29) is 13.0 Å². The second-order valence-electron chi connectivity index (χ2n) is 5.35. The molecule has 3 atom stereocenters.